The first-order valence-electron chi connectivity index (χ1n) is 5.02. The lowest BCUT2D eigenvalue weighted by Crippen LogP contribution is -2.44. The lowest BCUT2D eigenvalue weighted by molar-refractivity contribution is -0.384. The highest BCUT2D eigenvalue weighted by Gasteiger charge is 2.27. The molecule has 1 aliphatic rings. The van der Waals surface area contributed by atoms with Crippen molar-refractivity contribution in [3.05, 3.63) is 31.9 Å². The molecule has 1 aromatic rings. The van der Waals surface area contributed by atoms with Crippen molar-refractivity contribution in [3.63, 3.8) is 0 Å². The van der Waals surface area contributed by atoms with Gasteiger partial charge in [0.15, 0.2) is 0 Å². The molecule has 16 heavy (non-hydrogen) atoms. The maximum atomic E-state index is 10.9. The molecule has 6 heteroatoms. The Morgan fingerprint density at radius 1 is 1.50 bits per heavy atom. The number of halogens is 1. The Kier molecular flexibility index (Phi) is 3.29. The number of nitrogens with one attached hydrogen (secondary N) is 1. The summed E-state index contributed by atoms with van der Waals surface area (Å²) in [6, 6.07) is 5.69. The van der Waals surface area contributed by atoms with E-state index in [1.807, 2.05) is 6.07 Å². The maximum absolute atomic E-state index is 10.9. The van der Waals surface area contributed by atoms with Gasteiger partial charge in [0, 0.05) is 21.7 Å². The summed E-state index contributed by atoms with van der Waals surface area (Å²) in [6.45, 7) is 0. The van der Waals surface area contributed by atoms with Crippen LogP contribution in [0.5, 0.6) is 0 Å². The minimum Gasteiger partial charge on any atom is -0.377 e. The molecule has 0 heterocycles. The number of hydrogen-bond donors (Lipinski definition) is 2. The van der Waals surface area contributed by atoms with E-state index in [9.17, 15) is 10.1 Å². The van der Waals surface area contributed by atoms with Gasteiger partial charge in [0.2, 0.25) is 0 Å². The highest BCUT2D eigenvalue weighted by Crippen LogP contribution is 2.30. The van der Waals surface area contributed by atoms with E-state index in [-0.39, 0.29) is 22.7 Å². The number of nitrogens with two attached hydrogens (primary N) is 1. The number of nitro benzene ring substituents is 1. The predicted molar refractivity (Wildman–Crippen MR) is 70.4 cm³/mol. The fourth-order valence-electron chi connectivity index (χ4n) is 1.78. The van der Waals surface area contributed by atoms with Crippen molar-refractivity contribution in [2.45, 2.75) is 24.9 Å². The summed E-state index contributed by atoms with van der Waals surface area (Å²) in [7, 11) is 0. The van der Waals surface area contributed by atoms with Gasteiger partial charge >= 0.3 is 0 Å². The molecule has 86 valence electrons. The zero-order valence-electron chi connectivity index (χ0n) is 8.52. The van der Waals surface area contributed by atoms with Crippen LogP contribution >= 0.6 is 22.6 Å². The summed E-state index contributed by atoms with van der Waals surface area (Å²) < 4.78 is 0.861. The van der Waals surface area contributed by atoms with E-state index in [1.165, 1.54) is 0 Å². The lowest BCUT2D eigenvalue weighted by atomic mass is 9.87. The highest BCUT2D eigenvalue weighted by molar-refractivity contribution is 14.1. The van der Waals surface area contributed by atoms with E-state index >= 15 is 0 Å². The van der Waals surface area contributed by atoms with Gasteiger partial charge in [0.25, 0.3) is 5.69 Å². The largest absolute Gasteiger partial charge is 0.377 e. The first-order chi connectivity index (χ1) is 7.56. The third-order valence-electron chi connectivity index (χ3n) is 2.69. The molecule has 0 saturated heterocycles. The van der Waals surface area contributed by atoms with Crippen molar-refractivity contribution >= 4 is 34.0 Å². The van der Waals surface area contributed by atoms with E-state index in [2.05, 4.69) is 27.9 Å². The third kappa shape index (κ3) is 2.43. The van der Waals surface area contributed by atoms with Gasteiger partial charge in [-0.2, -0.15) is 0 Å². The minimum atomic E-state index is -0.358. The minimum absolute atomic E-state index is 0.132. The van der Waals surface area contributed by atoms with Gasteiger partial charge in [0.1, 0.15) is 5.69 Å². The van der Waals surface area contributed by atoms with Crippen LogP contribution in [0.3, 0.4) is 0 Å². The molecule has 0 spiro atoms. The second-order valence-corrected chi connectivity index (χ2v) is 5.24. The molecule has 1 fully saturated rings. The summed E-state index contributed by atoms with van der Waals surface area (Å²) in [4.78, 5) is 10.5. The van der Waals surface area contributed by atoms with Gasteiger partial charge in [-0.15, -0.1) is 0 Å². The summed E-state index contributed by atoms with van der Waals surface area (Å²) >= 11 is 2.06. The van der Waals surface area contributed by atoms with Crippen LogP contribution in [-0.4, -0.2) is 17.0 Å². The Morgan fingerprint density at radius 3 is 2.75 bits per heavy atom. The van der Waals surface area contributed by atoms with Crippen molar-refractivity contribution in [3.8, 4) is 0 Å². The summed E-state index contributed by atoms with van der Waals surface area (Å²) in [5.41, 5.74) is 6.39. The summed E-state index contributed by atoms with van der Waals surface area (Å²) in [5, 5.41) is 14.0. The van der Waals surface area contributed by atoms with Crippen molar-refractivity contribution in [2.24, 2.45) is 5.73 Å². The molecule has 0 radical (unpaired) electrons. The molecule has 0 amide bonds. The number of rotatable bonds is 3. The Balaban J connectivity index is 2.16. The van der Waals surface area contributed by atoms with E-state index in [1.54, 1.807) is 12.1 Å². The lowest BCUT2D eigenvalue weighted by Gasteiger charge is -2.33. The SMILES string of the molecule is NC1CC(Nc2ccc(I)cc2[N+](=O)[O-])C1. The molecular formula is C10H12IN3O2. The maximum Gasteiger partial charge on any atom is 0.293 e. The Hall–Kier alpha value is -0.890. The third-order valence-corrected chi connectivity index (χ3v) is 3.36. The molecule has 1 aromatic carbocycles. The summed E-state index contributed by atoms with van der Waals surface area (Å²) in [5.74, 6) is 0. The molecule has 0 aromatic heterocycles. The van der Waals surface area contributed by atoms with Crippen LogP contribution in [-0.2, 0) is 0 Å². The molecule has 0 unspecified atom stereocenters. The van der Waals surface area contributed by atoms with Crippen molar-refractivity contribution in [1.29, 1.82) is 0 Å². The van der Waals surface area contributed by atoms with Crippen LogP contribution in [0.4, 0.5) is 11.4 Å². The zero-order chi connectivity index (χ0) is 11.7. The van der Waals surface area contributed by atoms with Crippen LogP contribution in [0.25, 0.3) is 0 Å². The van der Waals surface area contributed by atoms with E-state index in [0.717, 1.165) is 16.4 Å². The normalized spacial score (nSPS) is 23.6. The fourth-order valence-corrected chi connectivity index (χ4v) is 2.25. The smallest absolute Gasteiger partial charge is 0.293 e. The zero-order valence-corrected chi connectivity index (χ0v) is 10.7. The number of hydrogen-bond acceptors (Lipinski definition) is 4. The average Bonchev–Trinajstić information content (AvgIpc) is 2.17. The molecule has 0 bridgehead atoms. The number of nitrogens with zero attached hydrogens (tertiary/aromatic N) is 1. The van der Waals surface area contributed by atoms with E-state index in [0.29, 0.717) is 5.69 Å². The predicted octanol–water partition coefficient (Wildman–Crippen LogP) is 2.10. The molecule has 3 N–H and O–H groups in total. The number of nitro groups is 1. The number of benzene rings is 1. The summed E-state index contributed by atoms with van der Waals surface area (Å²) in [6.07, 6.45) is 1.76. The van der Waals surface area contributed by atoms with Crippen molar-refractivity contribution in [1.82, 2.24) is 0 Å². The Morgan fingerprint density at radius 2 is 2.19 bits per heavy atom. The quantitative estimate of drug-likeness (QED) is 0.504. The van der Waals surface area contributed by atoms with Crippen LogP contribution in [0, 0.1) is 13.7 Å². The first-order valence-corrected chi connectivity index (χ1v) is 6.10. The van der Waals surface area contributed by atoms with Gasteiger partial charge in [0.05, 0.1) is 4.92 Å². The Labute approximate surface area is 107 Å². The van der Waals surface area contributed by atoms with Crippen LogP contribution in [0.1, 0.15) is 12.8 Å². The second-order valence-electron chi connectivity index (χ2n) is 3.99. The van der Waals surface area contributed by atoms with E-state index < -0.39 is 0 Å². The highest BCUT2D eigenvalue weighted by atomic mass is 127. The molecule has 5 nitrogen and oxygen atoms in total. The number of anilines is 1. The topological polar surface area (TPSA) is 81.2 Å². The van der Waals surface area contributed by atoms with E-state index in [4.69, 9.17) is 5.73 Å². The molecular weight excluding hydrogens is 321 g/mol. The molecule has 0 aliphatic heterocycles. The van der Waals surface area contributed by atoms with Crippen LogP contribution < -0.4 is 11.1 Å². The van der Waals surface area contributed by atoms with Crippen molar-refractivity contribution in [2.75, 3.05) is 5.32 Å². The monoisotopic (exact) mass is 333 g/mol. The van der Waals surface area contributed by atoms with Gasteiger partial charge in [-0.1, -0.05) is 0 Å². The molecule has 2 rings (SSSR count). The second kappa shape index (κ2) is 4.54. The Bertz CT molecular complexity index is 419. The van der Waals surface area contributed by atoms with Gasteiger partial charge in [-0.05, 0) is 47.6 Å². The molecule has 0 atom stereocenters. The molecule has 1 aliphatic carbocycles. The standard InChI is InChI=1S/C10H12IN3O2/c11-6-1-2-9(10(3-6)14(15)16)13-8-4-7(12)5-8/h1-3,7-8,13H,4-5,12H2. The first kappa shape index (κ1) is 11.6. The van der Waals surface area contributed by atoms with Gasteiger partial charge in [-0.3, -0.25) is 10.1 Å². The van der Waals surface area contributed by atoms with Crippen LogP contribution in [0.15, 0.2) is 18.2 Å². The van der Waals surface area contributed by atoms with Gasteiger partial charge in [-0.25, -0.2) is 0 Å². The molecule has 1 saturated carbocycles. The fraction of sp³-hybridized carbons (Fsp3) is 0.400. The van der Waals surface area contributed by atoms with Gasteiger partial charge < -0.3 is 11.1 Å². The van der Waals surface area contributed by atoms with Crippen molar-refractivity contribution < 1.29 is 4.92 Å². The van der Waals surface area contributed by atoms with Crippen LogP contribution in [0.2, 0.25) is 0 Å². The average molecular weight is 333 g/mol.